The molecule has 1 heterocycles. The Morgan fingerprint density at radius 1 is 1.45 bits per heavy atom. The predicted octanol–water partition coefficient (Wildman–Crippen LogP) is 3.11. The third kappa shape index (κ3) is 3.74. The number of rotatable bonds is 6. The highest BCUT2D eigenvalue weighted by atomic mass is 32.2. The van der Waals surface area contributed by atoms with Gasteiger partial charge < -0.3 is 15.0 Å². The van der Waals surface area contributed by atoms with E-state index >= 15 is 0 Å². The van der Waals surface area contributed by atoms with E-state index in [4.69, 9.17) is 4.74 Å². The van der Waals surface area contributed by atoms with Crippen LogP contribution >= 0.6 is 11.8 Å². The zero-order valence-electron chi connectivity index (χ0n) is 12.7. The summed E-state index contributed by atoms with van der Waals surface area (Å²) in [5.41, 5.74) is 1.83. The lowest BCUT2D eigenvalue weighted by Crippen LogP contribution is -2.33. The second-order valence-electron chi connectivity index (χ2n) is 5.49. The van der Waals surface area contributed by atoms with Gasteiger partial charge in [0.25, 0.3) is 0 Å². The van der Waals surface area contributed by atoms with Crippen molar-refractivity contribution in [3.05, 3.63) is 18.2 Å². The summed E-state index contributed by atoms with van der Waals surface area (Å²) < 4.78 is 5.48. The van der Waals surface area contributed by atoms with Crippen molar-refractivity contribution in [3.63, 3.8) is 0 Å². The molecule has 0 unspecified atom stereocenters. The van der Waals surface area contributed by atoms with E-state index in [0.717, 1.165) is 34.8 Å². The molecule has 0 radical (unpaired) electrons. The molecule has 5 nitrogen and oxygen atoms in total. The Balaban J connectivity index is 1.57. The number of hydrogen-bond donors (Lipinski definition) is 2. The molecule has 1 aromatic carbocycles. The maximum Gasteiger partial charge on any atom is 0.230 e. The van der Waals surface area contributed by atoms with E-state index in [-0.39, 0.29) is 5.91 Å². The molecule has 0 bridgehead atoms. The molecule has 0 saturated heterocycles. The number of carbonyl (C=O) groups is 1. The van der Waals surface area contributed by atoms with E-state index in [1.54, 1.807) is 0 Å². The van der Waals surface area contributed by atoms with Crippen molar-refractivity contribution in [2.75, 3.05) is 12.4 Å². The lowest BCUT2D eigenvalue weighted by molar-refractivity contribution is -0.119. The number of nitrogens with zero attached hydrogens (tertiary/aromatic N) is 1. The van der Waals surface area contributed by atoms with Crippen LogP contribution in [-0.2, 0) is 4.79 Å². The molecular weight excluding hydrogens is 298 g/mol. The molecule has 1 aliphatic rings. The number of carbonyl (C=O) groups excluding carboxylic acids is 1. The Morgan fingerprint density at radius 2 is 2.27 bits per heavy atom. The molecule has 22 heavy (non-hydrogen) atoms. The van der Waals surface area contributed by atoms with Gasteiger partial charge >= 0.3 is 0 Å². The van der Waals surface area contributed by atoms with Crippen LogP contribution < -0.4 is 10.1 Å². The summed E-state index contributed by atoms with van der Waals surface area (Å²) in [6, 6.07) is 6.15. The number of thioether (sulfide) groups is 1. The van der Waals surface area contributed by atoms with E-state index in [1.165, 1.54) is 24.6 Å². The molecule has 1 aliphatic carbocycles. The SMILES string of the molecule is CCOc1ccc2nc(SCC(=O)NC3CCCC3)[nH]c2c1. The zero-order valence-corrected chi connectivity index (χ0v) is 13.5. The van der Waals surface area contributed by atoms with Crippen molar-refractivity contribution >= 4 is 28.7 Å². The van der Waals surface area contributed by atoms with Gasteiger partial charge in [-0.3, -0.25) is 4.79 Å². The summed E-state index contributed by atoms with van der Waals surface area (Å²) in [7, 11) is 0. The highest BCUT2D eigenvalue weighted by Crippen LogP contribution is 2.23. The quantitative estimate of drug-likeness (QED) is 0.803. The first kappa shape index (κ1) is 15.2. The van der Waals surface area contributed by atoms with Crippen LogP contribution in [0, 0.1) is 0 Å². The van der Waals surface area contributed by atoms with Crippen molar-refractivity contribution in [2.24, 2.45) is 0 Å². The Labute approximate surface area is 134 Å². The van der Waals surface area contributed by atoms with Gasteiger partial charge in [-0.05, 0) is 31.9 Å². The second-order valence-corrected chi connectivity index (χ2v) is 6.46. The van der Waals surface area contributed by atoms with E-state index in [0.29, 0.717) is 18.4 Å². The summed E-state index contributed by atoms with van der Waals surface area (Å²) in [4.78, 5) is 19.7. The van der Waals surface area contributed by atoms with Crippen LogP contribution in [0.5, 0.6) is 5.75 Å². The molecule has 1 amide bonds. The fraction of sp³-hybridized carbons (Fsp3) is 0.500. The first-order chi connectivity index (χ1) is 10.7. The molecule has 6 heteroatoms. The van der Waals surface area contributed by atoms with E-state index in [9.17, 15) is 4.79 Å². The number of fused-ring (bicyclic) bond motifs is 1. The minimum Gasteiger partial charge on any atom is -0.494 e. The number of nitrogens with one attached hydrogen (secondary N) is 2. The van der Waals surface area contributed by atoms with Crippen molar-refractivity contribution in [2.45, 2.75) is 43.8 Å². The smallest absolute Gasteiger partial charge is 0.230 e. The van der Waals surface area contributed by atoms with Gasteiger partial charge in [-0.25, -0.2) is 4.98 Å². The Hall–Kier alpha value is -1.69. The first-order valence-corrected chi connectivity index (χ1v) is 8.78. The highest BCUT2D eigenvalue weighted by Gasteiger charge is 2.17. The molecule has 0 atom stereocenters. The lowest BCUT2D eigenvalue weighted by Gasteiger charge is -2.10. The van der Waals surface area contributed by atoms with E-state index in [1.807, 2.05) is 25.1 Å². The summed E-state index contributed by atoms with van der Waals surface area (Å²) in [5.74, 6) is 1.32. The van der Waals surface area contributed by atoms with Crippen molar-refractivity contribution < 1.29 is 9.53 Å². The molecule has 118 valence electrons. The minimum absolute atomic E-state index is 0.0901. The molecular formula is C16H21N3O2S. The molecule has 1 saturated carbocycles. The molecule has 1 fully saturated rings. The molecule has 0 spiro atoms. The average molecular weight is 319 g/mol. The van der Waals surface area contributed by atoms with Gasteiger partial charge in [-0.2, -0.15) is 0 Å². The van der Waals surface area contributed by atoms with Gasteiger partial charge in [0.1, 0.15) is 5.75 Å². The number of imidazole rings is 1. The fourth-order valence-corrected chi connectivity index (χ4v) is 3.46. The fourth-order valence-electron chi connectivity index (χ4n) is 2.76. The van der Waals surface area contributed by atoms with Gasteiger partial charge in [0.05, 0.1) is 23.4 Å². The third-order valence-corrected chi connectivity index (χ3v) is 4.68. The number of ether oxygens (including phenoxy) is 1. The summed E-state index contributed by atoms with van der Waals surface area (Å²) >= 11 is 1.44. The van der Waals surface area contributed by atoms with Gasteiger partial charge in [-0.15, -0.1) is 0 Å². The topological polar surface area (TPSA) is 67.0 Å². The molecule has 2 aromatic rings. The normalized spacial score (nSPS) is 15.3. The van der Waals surface area contributed by atoms with Crippen LogP contribution in [0.1, 0.15) is 32.6 Å². The second kappa shape index (κ2) is 7.05. The largest absolute Gasteiger partial charge is 0.494 e. The standard InChI is InChI=1S/C16H21N3O2S/c1-2-21-12-7-8-13-14(9-12)19-16(18-13)22-10-15(20)17-11-5-3-4-6-11/h7-9,11H,2-6,10H2,1H3,(H,17,20)(H,18,19). The lowest BCUT2D eigenvalue weighted by atomic mass is 10.2. The Morgan fingerprint density at radius 3 is 3.05 bits per heavy atom. The molecule has 1 aromatic heterocycles. The van der Waals surface area contributed by atoms with Gasteiger partial charge in [0.15, 0.2) is 5.16 Å². The van der Waals surface area contributed by atoms with Crippen LogP contribution in [0.4, 0.5) is 0 Å². The van der Waals surface area contributed by atoms with Crippen LogP contribution in [0.25, 0.3) is 11.0 Å². The number of H-pyrrole nitrogens is 1. The van der Waals surface area contributed by atoms with Gasteiger partial charge in [0.2, 0.25) is 5.91 Å². The zero-order chi connectivity index (χ0) is 15.4. The predicted molar refractivity (Wildman–Crippen MR) is 88.4 cm³/mol. The summed E-state index contributed by atoms with van der Waals surface area (Å²) in [6.45, 7) is 2.60. The van der Waals surface area contributed by atoms with E-state index in [2.05, 4.69) is 15.3 Å². The minimum atomic E-state index is 0.0901. The molecule has 3 rings (SSSR count). The van der Waals surface area contributed by atoms with Crippen molar-refractivity contribution in [1.29, 1.82) is 0 Å². The number of aromatic amines is 1. The van der Waals surface area contributed by atoms with Gasteiger partial charge in [-0.1, -0.05) is 24.6 Å². The molecule has 2 N–H and O–H groups in total. The maximum absolute atomic E-state index is 11.9. The number of benzene rings is 1. The van der Waals surface area contributed by atoms with Crippen molar-refractivity contribution in [3.8, 4) is 5.75 Å². The van der Waals surface area contributed by atoms with Crippen molar-refractivity contribution in [1.82, 2.24) is 15.3 Å². The van der Waals surface area contributed by atoms with Gasteiger partial charge in [0, 0.05) is 12.1 Å². The van der Waals surface area contributed by atoms with Crippen LogP contribution in [0.2, 0.25) is 0 Å². The Bertz CT molecular complexity index is 650. The maximum atomic E-state index is 11.9. The summed E-state index contributed by atoms with van der Waals surface area (Å²) in [6.07, 6.45) is 4.68. The number of aromatic nitrogens is 2. The number of hydrogen-bond acceptors (Lipinski definition) is 4. The highest BCUT2D eigenvalue weighted by molar-refractivity contribution is 7.99. The number of amides is 1. The summed E-state index contributed by atoms with van der Waals surface area (Å²) in [5, 5.41) is 3.86. The van der Waals surface area contributed by atoms with E-state index < -0.39 is 0 Å². The van der Waals surface area contributed by atoms with Crippen LogP contribution in [-0.4, -0.2) is 34.3 Å². The van der Waals surface area contributed by atoms with Crippen LogP contribution in [0.15, 0.2) is 23.4 Å². The van der Waals surface area contributed by atoms with Crippen LogP contribution in [0.3, 0.4) is 0 Å². The molecule has 0 aliphatic heterocycles. The Kier molecular flexibility index (Phi) is 4.87. The average Bonchev–Trinajstić information content (AvgIpc) is 3.14. The third-order valence-electron chi connectivity index (χ3n) is 3.80. The first-order valence-electron chi connectivity index (χ1n) is 7.79. The monoisotopic (exact) mass is 319 g/mol.